The third kappa shape index (κ3) is 6.01. The number of benzene rings is 1. The van der Waals surface area contributed by atoms with Crippen molar-refractivity contribution in [2.75, 3.05) is 25.4 Å². The molecule has 1 aliphatic heterocycles. The van der Waals surface area contributed by atoms with Crippen molar-refractivity contribution in [3.05, 3.63) is 35.4 Å². The van der Waals surface area contributed by atoms with E-state index in [9.17, 15) is 0 Å². The van der Waals surface area contributed by atoms with Crippen molar-refractivity contribution in [1.29, 1.82) is 0 Å². The van der Waals surface area contributed by atoms with Crippen LogP contribution in [-0.4, -0.2) is 35.0 Å². The van der Waals surface area contributed by atoms with Gasteiger partial charge in [0.1, 0.15) is 0 Å². The van der Waals surface area contributed by atoms with Crippen LogP contribution in [0.4, 0.5) is 0 Å². The molecule has 1 fully saturated rings. The van der Waals surface area contributed by atoms with Crippen molar-refractivity contribution in [1.82, 2.24) is 10.2 Å². The third-order valence-corrected chi connectivity index (χ3v) is 5.49. The lowest BCUT2D eigenvalue weighted by atomic mass is 10.1. The topological polar surface area (TPSA) is 15.3 Å². The Kier molecular flexibility index (Phi) is 6.59. The number of rotatable bonds is 6. The molecule has 0 bridgehead atoms. The molecule has 0 unspecified atom stereocenters. The minimum Gasteiger partial charge on any atom is -0.313 e. The van der Waals surface area contributed by atoms with E-state index in [-0.39, 0.29) is 0 Å². The van der Waals surface area contributed by atoms with Gasteiger partial charge in [-0.25, -0.2) is 0 Å². The lowest BCUT2D eigenvalue weighted by Crippen LogP contribution is -2.26. The molecule has 118 valence electrons. The van der Waals surface area contributed by atoms with Crippen LogP contribution in [0, 0.1) is 0 Å². The SMILES string of the molecule is CCCNCc1ccc(CN2CCSC(C)(C)CC2)cc1. The van der Waals surface area contributed by atoms with Gasteiger partial charge in [-0.2, -0.15) is 11.8 Å². The van der Waals surface area contributed by atoms with E-state index in [4.69, 9.17) is 0 Å². The summed E-state index contributed by atoms with van der Waals surface area (Å²) < 4.78 is 0.448. The normalized spacial score (nSPS) is 19.4. The molecule has 21 heavy (non-hydrogen) atoms. The van der Waals surface area contributed by atoms with Crippen molar-refractivity contribution in [3.8, 4) is 0 Å². The highest BCUT2D eigenvalue weighted by atomic mass is 32.2. The molecular formula is C18H30N2S. The fourth-order valence-corrected chi connectivity index (χ4v) is 3.79. The van der Waals surface area contributed by atoms with E-state index >= 15 is 0 Å². The van der Waals surface area contributed by atoms with E-state index in [0.717, 1.165) is 19.6 Å². The van der Waals surface area contributed by atoms with Gasteiger partial charge in [-0.3, -0.25) is 4.90 Å². The lowest BCUT2D eigenvalue weighted by Gasteiger charge is -2.22. The molecule has 3 heteroatoms. The average Bonchev–Trinajstić information content (AvgIpc) is 2.62. The molecule has 0 aliphatic carbocycles. The summed E-state index contributed by atoms with van der Waals surface area (Å²) in [5.41, 5.74) is 2.83. The van der Waals surface area contributed by atoms with Crippen molar-refractivity contribution in [2.24, 2.45) is 0 Å². The fourth-order valence-electron chi connectivity index (χ4n) is 2.65. The summed E-state index contributed by atoms with van der Waals surface area (Å²) in [5.74, 6) is 1.26. The summed E-state index contributed by atoms with van der Waals surface area (Å²) in [6, 6.07) is 9.14. The molecule has 1 saturated heterocycles. The second kappa shape index (κ2) is 8.21. The van der Waals surface area contributed by atoms with E-state index in [1.54, 1.807) is 0 Å². The molecule has 1 aromatic carbocycles. The summed E-state index contributed by atoms with van der Waals surface area (Å²) in [4.78, 5) is 2.60. The van der Waals surface area contributed by atoms with Crippen LogP contribution < -0.4 is 5.32 Å². The van der Waals surface area contributed by atoms with E-state index in [1.165, 1.54) is 42.8 Å². The number of nitrogens with one attached hydrogen (secondary N) is 1. The van der Waals surface area contributed by atoms with Crippen LogP contribution in [0.1, 0.15) is 44.7 Å². The minimum absolute atomic E-state index is 0.448. The fraction of sp³-hybridized carbons (Fsp3) is 0.667. The van der Waals surface area contributed by atoms with E-state index in [2.05, 4.69) is 67.0 Å². The summed E-state index contributed by atoms with van der Waals surface area (Å²) >= 11 is 2.12. The maximum absolute atomic E-state index is 3.46. The highest BCUT2D eigenvalue weighted by Crippen LogP contribution is 2.31. The average molecular weight is 307 g/mol. The molecule has 1 aliphatic rings. The quantitative estimate of drug-likeness (QED) is 0.802. The maximum Gasteiger partial charge on any atom is 0.0234 e. The predicted molar refractivity (Wildman–Crippen MR) is 94.9 cm³/mol. The van der Waals surface area contributed by atoms with Crippen LogP contribution in [0.25, 0.3) is 0 Å². The lowest BCUT2D eigenvalue weighted by molar-refractivity contribution is 0.276. The van der Waals surface area contributed by atoms with E-state index in [1.807, 2.05) is 0 Å². The zero-order valence-electron chi connectivity index (χ0n) is 13.8. The zero-order chi connectivity index (χ0) is 15.1. The maximum atomic E-state index is 3.46. The first-order valence-corrected chi connectivity index (χ1v) is 9.22. The van der Waals surface area contributed by atoms with Gasteiger partial charge in [-0.1, -0.05) is 45.0 Å². The molecule has 0 amide bonds. The summed E-state index contributed by atoms with van der Waals surface area (Å²) in [5, 5.41) is 3.46. The van der Waals surface area contributed by atoms with Gasteiger partial charge in [0, 0.05) is 30.1 Å². The number of hydrogen-bond donors (Lipinski definition) is 1. The van der Waals surface area contributed by atoms with Gasteiger partial charge in [-0.15, -0.1) is 0 Å². The molecule has 1 heterocycles. The van der Waals surface area contributed by atoms with Gasteiger partial charge in [0.05, 0.1) is 0 Å². The Morgan fingerprint density at radius 3 is 2.57 bits per heavy atom. The predicted octanol–water partition coefficient (Wildman–Crippen LogP) is 3.90. The Hall–Kier alpha value is -0.510. The molecule has 0 saturated carbocycles. The Bertz CT molecular complexity index is 414. The Labute approximate surface area is 134 Å². The second-order valence-corrected chi connectivity index (χ2v) is 8.43. The highest BCUT2D eigenvalue weighted by Gasteiger charge is 2.23. The smallest absolute Gasteiger partial charge is 0.0234 e. The number of thioether (sulfide) groups is 1. The van der Waals surface area contributed by atoms with Crippen LogP contribution in [-0.2, 0) is 13.1 Å². The van der Waals surface area contributed by atoms with Crippen LogP contribution in [0.3, 0.4) is 0 Å². The summed E-state index contributed by atoms with van der Waals surface area (Å²) in [7, 11) is 0. The van der Waals surface area contributed by atoms with Gasteiger partial charge in [0.25, 0.3) is 0 Å². The van der Waals surface area contributed by atoms with Gasteiger partial charge in [0.2, 0.25) is 0 Å². The van der Waals surface area contributed by atoms with Gasteiger partial charge in [-0.05, 0) is 37.1 Å². The molecule has 1 N–H and O–H groups in total. The molecule has 0 atom stereocenters. The Morgan fingerprint density at radius 1 is 1.14 bits per heavy atom. The van der Waals surface area contributed by atoms with E-state index in [0.29, 0.717) is 4.75 Å². The van der Waals surface area contributed by atoms with Crippen LogP contribution in [0.5, 0.6) is 0 Å². The van der Waals surface area contributed by atoms with Gasteiger partial charge < -0.3 is 5.32 Å². The van der Waals surface area contributed by atoms with Crippen molar-refractivity contribution >= 4 is 11.8 Å². The third-order valence-electron chi connectivity index (χ3n) is 4.12. The molecule has 0 spiro atoms. The first kappa shape index (κ1) is 16.9. The van der Waals surface area contributed by atoms with Crippen molar-refractivity contribution < 1.29 is 0 Å². The summed E-state index contributed by atoms with van der Waals surface area (Å²) in [6.45, 7) is 12.6. The molecular weight excluding hydrogens is 276 g/mol. The zero-order valence-corrected chi connectivity index (χ0v) is 14.6. The second-order valence-electron chi connectivity index (χ2n) is 6.63. The highest BCUT2D eigenvalue weighted by molar-refractivity contribution is 8.00. The summed E-state index contributed by atoms with van der Waals surface area (Å²) in [6.07, 6.45) is 2.48. The van der Waals surface area contributed by atoms with Crippen molar-refractivity contribution in [2.45, 2.75) is 51.4 Å². The molecule has 2 rings (SSSR count). The van der Waals surface area contributed by atoms with Crippen LogP contribution in [0.15, 0.2) is 24.3 Å². The Morgan fingerprint density at radius 2 is 1.86 bits per heavy atom. The Balaban J connectivity index is 1.82. The monoisotopic (exact) mass is 306 g/mol. The van der Waals surface area contributed by atoms with Crippen LogP contribution in [0.2, 0.25) is 0 Å². The van der Waals surface area contributed by atoms with E-state index < -0.39 is 0 Å². The first-order valence-electron chi connectivity index (χ1n) is 8.24. The standard InChI is InChI=1S/C18H30N2S/c1-4-10-19-14-16-5-7-17(8-6-16)15-20-11-9-18(2,3)21-13-12-20/h5-8,19H,4,9-15H2,1-3H3. The molecule has 2 nitrogen and oxygen atoms in total. The largest absolute Gasteiger partial charge is 0.313 e. The number of hydrogen-bond acceptors (Lipinski definition) is 3. The minimum atomic E-state index is 0.448. The van der Waals surface area contributed by atoms with Crippen LogP contribution >= 0.6 is 11.8 Å². The van der Waals surface area contributed by atoms with Gasteiger partial charge in [0.15, 0.2) is 0 Å². The molecule has 0 radical (unpaired) electrons. The first-order chi connectivity index (χ1) is 10.1. The number of nitrogens with zero attached hydrogens (tertiary/aromatic N) is 1. The van der Waals surface area contributed by atoms with Gasteiger partial charge >= 0.3 is 0 Å². The molecule has 1 aromatic rings. The molecule has 0 aromatic heterocycles. The van der Waals surface area contributed by atoms with Crippen molar-refractivity contribution in [3.63, 3.8) is 0 Å².